The Kier molecular flexibility index (Phi) is 10.0. The smallest absolute Gasteiger partial charge is 0.161 e. The molecule has 1 aliphatic rings. The van der Waals surface area contributed by atoms with Gasteiger partial charge in [0.05, 0.1) is 12.3 Å². The summed E-state index contributed by atoms with van der Waals surface area (Å²) >= 11 is 0. The van der Waals surface area contributed by atoms with E-state index in [0.29, 0.717) is 17.9 Å². The van der Waals surface area contributed by atoms with E-state index in [9.17, 15) is 8.78 Å². The van der Waals surface area contributed by atoms with Crippen molar-refractivity contribution in [2.24, 2.45) is 15.0 Å². The SMILES string of the molecule is CC.CC=NC=NC.CN=C(c1ccc(C)cc1)C1(c2ccc(F)cc2F)CO1. The first-order valence-corrected chi connectivity index (χ1v) is 9.50. The first-order valence-electron chi connectivity index (χ1n) is 9.50. The Hall–Kier alpha value is -2.73. The van der Waals surface area contributed by atoms with E-state index in [-0.39, 0.29) is 0 Å². The summed E-state index contributed by atoms with van der Waals surface area (Å²) in [6.45, 7) is 8.19. The number of epoxide rings is 1. The van der Waals surface area contributed by atoms with Gasteiger partial charge in [0, 0.05) is 31.9 Å². The van der Waals surface area contributed by atoms with Crippen LogP contribution in [0.3, 0.4) is 0 Å². The first kappa shape index (κ1) is 24.3. The Balaban J connectivity index is 0.000000454. The fraction of sp³-hybridized carbons (Fsp3) is 0.348. The number of aryl methyl sites for hydroxylation is 1. The summed E-state index contributed by atoms with van der Waals surface area (Å²) in [6, 6.07) is 11.3. The molecule has 0 amide bonds. The zero-order valence-corrected chi connectivity index (χ0v) is 17.9. The molecule has 0 N–H and O–H groups in total. The Morgan fingerprint density at radius 2 is 1.69 bits per heavy atom. The van der Waals surface area contributed by atoms with Gasteiger partial charge in [0.2, 0.25) is 0 Å². The number of nitrogens with zero attached hydrogens (tertiary/aromatic N) is 3. The predicted molar refractivity (Wildman–Crippen MR) is 118 cm³/mol. The molecule has 1 heterocycles. The number of rotatable bonds is 4. The van der Waals surface area contributed by atoms with E-state index in [1.807, 2.05) is 52.0 Å². The van der Waals surface area contributed by atoms with Gasteiger partial charge in [-0.05, 0) is 31.5 Å². The molecule has 1 aliphatic heterocycles. The molecule has 0 spiro atoms. The average Bonchev–Trinajstić information content (AvgIpc) is 3.51. The van der Waals surface area contributed by atoms with Crippen LogP contribution in [0.4, 0.5) is 8.78 Å². The fourth-order valence-electron chi connectivity index (χ4n) is 2.70. The maximum atomic E-state index is 14.1. The van der Waals surface area contributed by atoms with Crippen molar-refractivity contribution in [3.8, 4) is 0 Å². The van der Waals surface area contributed by atoms with Crippen molar-refractivity contribution >= 4 is 18.3 Å². The van der Waals surface area contributed by atoms with Crippen molar-refractivity contribution < 1.29 is 13.5 Å². The van der Waals surface area contributed by atoms with Crippen LogP contribution in [0.25, 0.3) is 0 Å². The van der Waals surface area contributed by atoms with Crippen molar-refractivity contribution in [2.75, 3.05) is 20.7 Å². The zero-order valence-electron chi connectivity index (χ0n) is 17.9. The van der Waals surface area contributed by atoms with E-state index in [1.165, 1.54) is 18.5 Å². The quantitative estimate of drug-likeness (QED) is 0.385. The lowest BCUT2D eigenvalue weighted by atomic mass is 9.89. The lowest BCUT2D eigenvalue weighted by Crippen LogP contribution is -2.25. The number of hydrogen-bond donors (Lipinski definition) is 0. The van der Waals surface area contributed by atoms with E-state index in [4.69, 9.17) is 4.74 Å². The molecule has 2 aromatic carbocycles. The maximum Gasteiger partial charge on any atom is 0.161 e. The van der Waals surface area contributed by atoms with Gasteiger partial charge in [-0.25, -0.2) is 8.78 Å². The molecule has 0 radical (unpaired) electrons. The summed E-state index contributed by atoms with van der Waals surface area (Å²) in [5, 5.41) is 0. The molecule has 1 saturated heterocycles. The van der Waals surface area contributed by atoms with Crippen LogP contribution in [0, 0.1) is 18.6 Å². The summed E-state index contributed by atoms with van der Waals surface area (Å²) in [5.41, 5.74) is 2.09. The van der Waals surface area contributed by atoms with E-state index in [2.05, 4.69) is 15.0 Å². The summed E-state index contributed by atoms with van der Waals surface area (Å²) < 4.78 is 32.7. The average molecular weight is 402 g/mol. The number of benzene rings is 2. The number of halogens is 2. The Bertz CT molecular complexity index is 845. The van der Waals surface area contributed by atoms with Gasteiger partial charge in [0.1, 0.15) is 18.0 Å². The highest BCUT2D eigenvalue weighted by molar-refractivity contribution is 6.08. The van der Waals surface area contributed by atoms with Crippen LogP contribution >= 0.6 is 0 Å². The standard InChI is InChI=1S/C17H15F2NO.C4H8N2.C2H6/c1-11-3-5-12(6-4-11)16(20-2)17(10-21-17)14-8-7-13(18)9-15(14)19;1-3-6-4-5-2;1-2/h3-9H,10H2,1-2H3;3-4H,1-2H3;1-2H3. The molecule has 1 fully saturated rings. The van der Waals surface area contributed by atoms with Gasteiger partial charge in [-0.1, -0.05) is 43.7 Å². The third-order valence-electron chi connectivity index (χ3n) is 4.06. The lowest BCUT2D eigenvalue weighted by Gasteiger charge is -2.16. The summed E-state index contributed by atoms with van der Waals surface area (Å²) in [6.07, 6.45) is 3.19. The van der Waals surface area contributed by atoms with Gasteiger partial charge in [-0.3, -0.25) is 15.0 Å². The molecule has 156 valence electrons. The number of ether oxygens (including phenoxy) is 1. The molecule has 0 saturated carbocycles. The van der Waals surface area contributed by atoms with Gasteiger partial charge >= 0.3 is 0 Å². The molecule has 0 bridgehead atoms. The Morgan fingerprint density at radius 3 is 2.10 bits per heavy atom. The highest BCUT2D eigenvalue weighted by Gasteiger charge is 2.53. The second kappa shape index (κ2) is 12.0. The van der Waals surface area contributed by atoms with E-state index in [0.717, 1.165) is 17.2 Å². The normalized spacial score (nSPS) is 18.1. The summed E-state index contributed by atoms with van der Waals surface area (Å²) in [4.78, 5) is 11.6. The highest BCUT2D eigenvalue weighted by atomic mass is 19.1. The van der Waals surface area contributed by atoms with E-state index in [1.54, 1.807) is 20.3 Å². The summed E-state index contributed by atoms with van der Waals surface area (Å²) in [5.74, 6) is -1.21. The highest BCUT2D eigenvalue weighted by Crippen LogP contribution is 2.43. The summed E-state index contributed by atoms with van der Waals surface area (Å²) in [7, 11) is 3.34. The Morgan fingerprint density at radius 1 is 1.07 bits per heavy atom. The molecule has 2 aromatic rings. The van der Waals surface area contributed by atoms with Gasteiger partial charge in [0.25, 0.3) is 0 Å². The van der Waals surface area contributed by atoms with Crippen molar-refractivity contribution in [1.82, 2.24) is 0 Å². The maximum absolute atomic E-state index is 14.1. The molecule has 3 rings (SSSR count). The van der Waals surface area contributed by atoms with Crippen LogP contribution < -0.4 is 0 Å². The van der Waals surface area contributed by atoms with Crippen molar-refractivity contribution in [3.05, 3.63) is 70.8 Å². The van der Waals surface area contributed by atoms with Crippen LogP contribution in [0.2, 0.25) is 0 Å². The predicted octanol–water partition coefficient (Wildman–Crippen LogP) is 5.38. The zero-order chi connectivity index (χ0) is 21.9. The van der Waals surface area contributed by atoms with E-state index < -0.39 is 17.2 Å². The van der Waals surface area contributed by atoms with Crippen molar-refractivity contribution in [1.29, 1.82) is 0 Å². The molecule has 6 heteroatoms. The number of hydrogen-bond acceptors (Lipinski definition) is 3. The second-order valence-electron chi connectivity index (χ2n) is 5.96. The minimum atomic E-state index is -0.901. The van der Waals surface area contributed by atoms with Crippen LogP contribution in [0.15, 0.2) is 57.4 Å². The van der Waals surface area contributed by atoms with Crippen LogP contribution in [-0.2, 0) is 10.3 Å². The molecule has 0 aliphatic carbocycles. The van der Waals surface area contributed by atoms with Crippen LogP contribution in [0.5, 0.6) is 0 Å². The molecule has 4 nitrogen and oxygen atoms in total. The first-order chi connectivity index (χ1) is 14.0. The molecular weight excluding hydrogens is 372 g/mol. The van der Waals surface area contributed by atoms with Gasteiger partial charge in [-0.2, -0.15) is 0 Å². The Labute approximate surface area is 172 Å². The third kappa shape index (κ3) is 6.39. The molecule has 1 unspecified atom stereocenters. The van der Waals surface area contributed by atoms with Crippen LogP contribution in [-0.4, -0.2) is 39.0 Å². The van der Waals surface area contributed by atoms with Gasteiger partial charge in [-0.15, -0.1) is 0 Å². The van der Waals surface area contributed by atoms with Crippen molar-refractivity contribution in [3.63, 3.8) is 0 Å². The second-order valence-corrected chi connectivity index (χ2v) is 5.96. The molecule has 29 heavy (non-hydrogen) atoms. The third-order valence-corrected chi connectivity index (χ3v) is 4.06. The lowest BCUT2D eigenvalue weighted by molar-refractivity contribution is 0.364. The fourth-order valence-corrected chi connectivity index (χ4v) is 2.70. The minimum absolute atomic E-state index is 0.324. The van der Waals surface area contributed by atoms with E-state index >= 15 is 0 Å². The molecular formula is C23H29F2N3O. The number of aliphatic imine (C=N–C) groups is 3. The van der Waals surface area contributed by atoms with Gasteiger partial charge in [0.15, 0.2) is 5.60 Å². The van der Waals surface area contributed by atoms with Crippen molar-refractivity contribution in [2.45, 2.75) is 33.3 Å². The van der Waals surface area contributed by atoms with Crippen LogP contribution in [0.1, 0.15) is 37.5 Å². The monoisotopic (exact) mass is 401 g/mol. The largest absolute Gasteiger partial charge is 0.358 e. The minimum Gasteiger partial charge on any atom is -0.358 e. The molecule has 1 atom stereocenters. The molecule has 0 aromatic heterocycles. The topological polar surface area (TPSA) is 49.6 Å². The van der Waals surface area contributed by atoms with Gasteiger partial charge < -0.3 is 4.74 Å².